The number of methoxy groups -OCH3 is 1. The lowest BCUT2D eigenvalue weighted by Crippen LogP contribution is -2.27. The van der Waals surface area contributed by atoms with Crippen LogP contribution in [0.5, 0.6) is 0 Å². The lowest BCUT2D eigenvalue weighted by Gasteiger charge is -2.08. The molecule has 1 aromatic carbocycles. The number of nitrogens with zero attached hydrogens (tertiary/aromatic N) is 2. The molecule has 5 nitrogen and oxygen atoms in total. The van der Waals surface area contributed by atoms with Gasteiger partial charge >= 0.3 is 0 Å². The highest BCUT2D eigenvalue weighted by Crippen LogP contribution is 2.05. The number of anilines is 1. The third kappa shape index (κ3) is 4.35. The van der Waals surface area contributed by atoms with Crippen molar-refractivity contribution in [2.45, 2.75) is 13.3 Å². The van der Waals surface area contributed by atoms with Gasteiger partial charge in [0.05, 0.1) is 18.1 Å². The van der Waals surface area contributed by atoms with Gasteiger partial charge in [0.25, 0.3) is 0 Å². The van der Waals surface area contributed by atoms with Gasteiger partial charge in [-0.1, -0.05) is 30.3 Å². The van der Waals surface area contributed by atoms with E-state index >= 15 is 0 Å². The molecule has 0 aliphatic rings. The summed E-state index contributed by atoms with van der Waals surface area (Å²) >= 11 is 5.22. The van der Waals surface area contributed by atoms with E-state index in [9.17, 15) is 0 Å². The number of hydrogen-bond acceptors (Lipinski definition) is 3. The quantitative estimate of drug-likeness (QED) is 0.818. The van der Waals surface area contributed by atoms with Crippen LogP contribution in [0.15, 0.2) is 42.7 Å². The average Bonchev–Trinajstić information content (AvgIpc) is 2.85. The zero-order chi connectivity index (χ0) is 13.5. The monoisotopic (exact) mass is 276 g/mol. The van der Waals surface area contributed by atoms with E-state index in [1.165, 1.54) is 5.56 Å². The van der Waals surface area contributed by atoms with E-state index in [4.69, 9.17) is 17.0 Å². The molecule has 6 heteroatoms. The van der Waals surface area contributed by atoms with Gasteiger partial charge < -0.3 is 15.4 Å². The number of thiocarbonyl (C=S) groups is 1. The Morgan fingerprint density at radius 2 is 2.16 bits per heavy atom. The lowest BCUT2D eigenvalue weighted by atomic mass is 10.2. The number of ether oxygens (including phenoxy) is 1. The molecule has 0 radical (unpaired) electrons. The van der Waals surface area contributed by atoms with Crippen molar-refractivity contribution in [1.29, 1.82) is 0 Å². The summed E-state index contributed by atoms with van der Waals surface area (Å²) in [5.41, 5.74) is 2.02. The Kier molecular flexibility index (Phi) is 4.88. The van der Waals surface area contributed by atoms with Gasteiger partial charge in [-0.15, -0.1) is 0 Å². The van der Waals surface area contributed by atoms with Gasteiger partial charge in [-0.2, -0.15) is 5.10 Å². The smallest absolute Gasteiger partial charge is 0.171 e. The Labute approximate surface area is 117 Å². The molecule has 0 fully saturated rings. The van der Waals surface area contributed by atoms with E-state index in [0.29, 0.717) is 18.4 Å². The maximum absolute atomic E-state index is 5.22. The summed E-state index contributed by atoms with van der Waals surface area (Å²) in [5, 5.41) is 10.9. The Balaban J connectivity index is 1.80. The fourth-order valence-electron chi connectivity index (χ4n) is 1.58. The SMILES string of the molecule is COCn1cc(NC(=S)NCc2ccccc2)cn1. The molecule has 0 amide bonds. The van der Waals surface area contributed by atoms with Gasteiger partial charge in [0.1, 0.15) is 6.73 Å². The van der Waals surface area contributed by atoms with Crippen molar-refractivity contribution in [3.8, 4) is 0 Å². The van der Waals surface area contributed by atoms with Crippen LogP contribution in [0.1, 0.15) is 5.56 Å². The van der Waals surface area contributed by atoms with Gasteiger partial charge in [0.2, 0.25) is 0 Å². The van der Waals surface area contributed by atoms with Crippen LogP contribution in [-0.4, -0.2) is 22.0 Å². The summed E-state index contributed by atoms with van der Waals surface area (Å²) in [6.45, 7) is 1.12. The van der Waals surface area contributed by atoms with Gasteiger partial charge in [0.15, 0.2) is 5.11 Å². The summed E-state index contributed by atoms with van der Waals surface area (Å²) in [4.78, 5) is 0. The number of rotatable bonds is 5. The molecule has 19 heavy (non-hydrogen) atoms. The first kappa shape index (κ1) is 13.5. The first-order valence-corrected chi connectivity index (χ1v) is 6.29. The molecule has 2 aromatic rings. The standard InChI is InChI=1S/C13H16N4OS/c1-18-10-17-9-12(8-15-17)16-13(19)14-7-11-5-3-2-4-6-11/h2-6,8-9H,7,10H2,1H3,(H2,14,16,19). The van der Waals surface area contributed by atoms with E-state index in [-0.39, 0.29) is 0 Å². The van der Waals surface area contributed by atoms with Crippen molar-refractivity contribution in [2.24, 2.45) is 0 Å². The molecule has 0 spiro atoms. The second-order valence-electron chi connectivity index (χ2n) is 3.98. The minimum Gasteiger partial charge on any atom is -0.362 e. The van der Waals surface area contributed by atoms with Crippen molar-refractivity contribution in [3.05, 3.63) is 48.3 Å². The van der Waals surface area contributed by atoms with Crippen LogP contribution < -0.4 is 10.6 Å². The first-order chi connectivity index (χ1) is 9.28. The second-order valence-corrected chi connectivity index (χ2v) is 4.39. The summed E-state index contributed by atoms with van der Waals surface area (Å²) in [6.07, 6.45) is 3.54. The minimum atomic E-state index is 0.423. The molecule has 0 unspecified atom stereocenters. The van der Waals surface area contributed by atoms with Crippen molar-refractivity contribution in [3.63, 3.8) is 0 Å². The number of nitrogens with one attached hydrogen (secondary N) is 2. The fourth-order valence-corrected chi connectivity index (χ4v) is 1.77. The van der Waals surface area contributed by atoms with Crippen LogP contribution in [0.3, 0.4) is 0 Å². The average molecular weight is 276 g/mol. The van der Waals surface area contributed by atoms with Crippen molar-refractivity contribution in [1.82, 2.24) is 15.1 Å². The molecule has 0 aliphatic heterocycles. The molecule has 0 atom stereocenters. The Morgan fingerprint density at radius 3 is 2.89 bits per heavy atom. The van der Waals surface area contributed by atoms with Crippen LogP contribution in [0.25, 0.3) is 0 Å². The fraction of sp³-hybridized carbons (Fsp3) is 0.231. The van der Waals surface area contributed by atoms with Gasteiger partial charge in [-0.05, 0) is 17.8 Å². The highest BCUT2D eigenvalue weighted by molar-refractivity contribution is 7.80. The molecule has 0 bridgehead atoms. The van der Waals surface area contributed by atoms with Crippen LogP contribution in [-0.2, 0) is 18.0 Å². The highest BCUT2D eigenvalue weighted by Gasteiger charge is 2.01. The summed E-state index contributed by atoms with van der Waals surface area (Å²) in [6, 6.07) is 10.1. The molecule has 0 saturated heterocycles. The lowest BCUT2D eigenvalue weighted by molar-refractivity contribution is 0.120. The summed E-state index contributed by atoms with van der Waals surface area (Å²) in [7, 11) is 1.63. The van der Waals surface area contributed by atoms with Crippen LogP contribution in [0, 0.1) is 0 Å². The topological polar surface area (TPSA) is 51.1 Å². The van der Waals surface area contributed by atoms with E-state index < -0.39 is 0 Å². The van der Waals surface area contributed by atoms with Crippen molar-refractivity contribution < 1.29 is 4.74 Å². The van der Waals surface area contributed by atoms with Crippen LogP contribution in [0.2, 0.25) is 0 Å². The Bertz CT molecular complexity index is 526. The van der Waals surface area contributed by atoms with E-state index in [0.717, 1.165) is 5.69 Å². The first-order valence-electron chi connectivity index (χ1n) is 5.88. The van der Waals surface area contributed by atoms with Crippen LogP contribution in [0.4, 0.5) is 5.69 Å². The molecule has 1 heterocycles. The largest absolute Gasteiger partial charge is 0.362 e. The van der Waals surface area contributed by atoms with E-state index in [1.54, 1.807) is 18.0 Å². The molecular formula is C13H16N4OS. The van der Waals surface area contributed by atoms with Crippen molar-refractivity contribution >= 4 is 23.0 Å². The molecule has 0 aliphatic carbocycles. The molecule has 2 N–H and O–H groups in total. The Morgan fingerprint density at radius 1 is 1.37 bits per heavy atom. The molecular weight excluding hydrogens is 260 g/mol. The predicted molar refractivity (Wildman–Crippen MR) is 78.7 cm³/mol. The molecule has 100 valence electrons. The number of aromatic nitrogens is 2. The zero-order valence-corrected chi connectivity index (χ0v) is 11.5. The van der Waals surface area contributed by atoms with E-state index in [2.05, 4.69) is 15.7 Å². The molecule has 1 aromatic heterocycles. The second kappa shape index (κ2) is 6.86. The molecule has 0 saturated carbocycles. The van der Waals surface area contributed by atoms with Crippen molar-refractivity contribution in [2.75, 3.05) is 12.4 Å². The third-order valence-corrected chi connectivity index (χ3v) is 2.69. The van der Waals surface area contributed by atoms with Gasteiger partial charge in [0, 0.05) is 13.7 Å². The maximum Gasteiger partial charge on any atom is 0.171 e. The summed E-state index contributed by atoms with van der Waals surface area (Å²) < 4.78 is 6.66. The zero-order valence-electron chi connectivity index (χ0n) is 10.7. The molecule has 2 rings (SSSR count). The van der Waals surface area contributed by atoms with Crippen LogP contribution >= 0.6 is 12.2 Å². The normalized spacial score (nSPS) is 10.2. The summed E-state index contributed by atoms with van der Waals surface area (Å²) in [5.74, 6) is 0. The third-order valence-electron chi connectivity index (χ3n) is 2.45. The van der Waals surface area contributed by atoms with Gasteiger partial charge in [-0.3, -0.25) is 0 Å². The highest BCUT2D eigenvalue weighted by atomic mass is 32.1. The predicted octanol–water partition coefficient (Wildman–Crippen LogP) is 1.97. The van der Waals surface area contributed by atoms with Gasteiger partial charge in [-0.25, -0.2) is 4.68 Å². The number of hydrogen-bond donors (Lipinski definition) is 2. The number of benzene rings is 1. The van der Waals surface area contributed by atoms with E-state index in [1.807, 2.05) is 36.5 Å². The minimum absolute atomic E-state index is 0.423. The maximum atomic E-state index is 5.22. The Hall–Kier alpha value is -1.92.